The number of ether oxygens (including phenoxy) is 1. The average molecular weight is 168 g/mol. The van der Waals surface area contributed by atoms with Crippen molar-refractivity contribution in [2.45, 2.75) is 6.92 Å². The van der Waals surface area contributed by atoms with Crippen molar-refractivity contribution in [3.63, 3.8) is 0 Å². The molecule has 60 valence electrons. The van der Waals surface area contributed by atoms with E-state index in [0.29, 0.717) is 0 Å². The first kappa shape index (κ1) is 9.22. The second-order valence-electron chi connectivity index (χ2n) is 1.47. The summed E-state index contributed by atoms with van der Waals surface area (Å²) in [7, 11) is -3.72. The Morgan fingerprint density at radius 1 is 1.50 bits per heavy atom. The molecule has 0 aliphatic rings. The summed E-state index contributed by atoms with van der Waals surface area (Å²) >= 11 is 0. The molecule has 0 spiro atoms. The van der Waals surface area contributed by atoms with Gasteiger partial charge in [0.15, 0.2) is 0 Å². The highest BCUT2D eigenvalue weighted by Crippen LogP contribution is 1.90. The monoisotopic (exact) mass is 168 g/mol. The Bertz CT molecular complexity index is 204. The Balaban J connectivity index is 3.82. The summed E-state index contributed by atoms with van der Waals surface area (Å²) in [5, 5.41) is 0. The number of rotatable bonds is 2. The molecule has 0 aliphatic carbocycles. The van der Waals surface area contributed by atoms with Crippen molar-refractivity contribution in [1.29, 1.82) is 0 Å². The van der Waals surface area contributed by atoms with Crippen molar-refractivity contribution in [1.82, 2.24) is 0 Å². The van der Waals surface area contributed by atoms with E-state index in [4.69, 9.17) is 0 Å². The molecule has 10 heavy (non-hydrogen) atoms. The van der Waals surface area contributed by atoms with Crippen molar-refractivity contribution in [3.8, 4) is 0 Å². The molecule has 0 aromatic heterocycles. The molecule has 0 rings (SSSR count). The third-order valence-corrected chi connectivity index (χ3v) is 0.920. The zero-order valence-corrected chi connectivity index (χ0v) is 6.47. The molecule has 0 N–H and O–H groups in total. The van der Waals surface area contributed by atoms with Gasteiger partial charge in [0.2, 0.25) is 0 Å². The zero-order valence-electron chi connectivity index (χ0n) is 5.66. The highest BCUT2D eigenvalue weighted by atomic mass is 32.2. The first-order chi connectivity index (χ1) is 4.45. The molecule has 0 fully saturated rings. The van der Waals surface area contributed by atoms with Gasteiger partial charge in [-0.2, -0.15) is 8.42 Å². The molecule has 0 atom stereocenters. The minimum atomic E-state index is -3.72. The Kier molecular flexibility index (Phi) is 3.14. The number of carbonyl (C=O) groups excluding carboxylic acids is 1. The molecule has 0 aromatic carbocycles. The fourth-order valence-electron chi connectivity index (χ4n) is 0.266. The van der Waals surface area contributed by atoms with Gasteiger partial charge in [-0.15, -0.1) is 0 Å². The number of hydrogen-bond donors (Lipinski definition) is 0. The van der Waals surface area contributed by atoms with Gasteiger partial charge in [-0.05, 0) is 6.92 Å². The van der Waals surface area contributed by atoms with Gasteiger partial charge in [0.05, 0.1) is 12.9 Å². The van der Waals surface area contributed by atoms with E-state index in [1.54, 1.807) is 6.92 Å². The maximum atomic E-state index is 10.2. The first-order valence-corrected chi connectivity index (χ1v) is 4.33. The van der Waals surface area contributed by atoms with Crippen molar-refractivity contribution < 1.29 is 22.1 Å². The lowest BCUT2D eigenvalue weighted by Gasteiger charge is -1.99. The van der Waals surface area contributed by atoms with Crippen LogP contribution in [0.2, 0.25) is 0 Å². The molecule has 6 heteroatoms. The maximum absolute atomic E-state index is 10.2. The summed E-state index contributed by atoms with van der Waals surface area (Å²) in [4.78, 5) is 10.2. The number of carbonyl (C=O) groups is 1. The standard InChI is InChI=1S/C4H8O5S/c1-3-8-4(5)9-10(2,6)7/h3H2,1-2H3. The summed E-state index contributed by atoms with van der Waals surface area (Å²) in [5.74, 6) is 0. The summed E-state index contributed by atoms with van der Waals surface area (Å²) < 4.78 is 28.4. The molecule has 0 radical (unpaired) electrons. The van der Waals surface area contributed by atoms with Gasteiger partial charge in [0.1, 0.15) is 0 Å². The van der Waals surface area contributed by atoms with Crippen LogP contribution in [0.5, 0.6) is 0 Å². The van der Waals surface area contributed by atoms with Crippen LogP contribution in [0.3, 0.4) is 0 Å². The van der Waals surface area contributed by atoms with Crippen LogP contribution in [-0.2, 0) is 19.0 Å². The lowest BCUT2D eigenvalue weighted by Crippen LogP contribution is -2.12. The summed E-state index contributed by atoms with van der Waals surface area (Å²) in [6.45, 7) is 1.64. The maximum Gasteiger partial charge on any atom is 0.524 e. The van der Waals surface area contributed by atoms with E-state index < -0.39 is 16.3 Å². The summed E-state index contributed by atoms with van der Waals surface area (Å²) in [5.41, 5.74) is 0. The highest BCUT2D eigenvalue weighted by Gasteiger charge is 2.10. The molecule has 0 heterocycles. The SMILES string of the molecule is CCOC(=O)OS(C)(=O)=O. The van der Waals surface area contributed by atoms with E-state index in [1.807, 2.05) is 0 Å². The van der Waals surface area contributed by atoms with Gasteiger partial charge in [-0.3, -0.25) is 0 Å². The molecule has 0 unspecified atom stereocenters. The van der Waals surface area contributed by atoms with E-state index in [1.165, 1.54) is 0 Å². The average Bonchev–Trinajstić information content (AvgIpc) is 1.59. The predicted octanol–water partition coefficient (Wildman–Crippen LogP) is 0.119. The molecule has 0 aliphatic heterocycles. The van der Waals surface area contributed by atoms with E-state index >= 15 is 0 Å². The number of hydrogen-bond acceptors (Lipinski definition) is 5. The van der Waals surface area contributed by atoms with E-state index in [0.717, 1.165) is 6.26 Å². The van der Waals surface area contributed by atoms with Crippen LogP contribution < -0.4 is 0 Å². The molecular formula is C4H8O5S. The Hall–Kier alpha value is -0.780. The van der Waals surface area contributed by atoms with Crippen LogP contribution in [0.1, 0.15) is 6.92 Å². The van der Waals surface area contributed by atoms with Crippen LogP contribution in [0.15, 0.2) is 0 Å². The van der Waals surface area contributed by atoms with Crippen LogP contribution in [0.4, 0.5) is 4.79 Å². The summed E-state index contributed by atoms with van der Waals surface area (Å²) in [6.07, 6.45) is -0.422. The molecule has 0 bridgehead atoms. The van der Waals surface area contributed by atoms with Crippen LogP contribution >= 0.6 is 0 Å². The Labute approximate surface area is 59.1 Å². The van der Waals surface area contributed by atoms with Crippen LogP contribution in [0, 0.1) is 0 Å². The van der Waals surface area contributed by atoms with Crippen molar-refractivity contribution in [2.75, 3.05) is 12.9 Å². The zero-order chi connectivity index (χ0) is 8.20. The van der Waals surface area contributed by atoms with E-state index in [9.17, 15) is 13.2 Å². The van der Waals surface area contributed by atoms with Gasteiger partial charge in [0.25, 0.3) is 0 Å². The molecule has 0 amide bonds. The molecule has 0 saturated heterocycles. The fraction of sp³-hybridized carbons (Fsp3) is 0.750. The van der Waals surface area contributed by atoms with Gasteiger partial charge >= 0.3 is 16.3 Å². The van der Waals surface area contributed by atoms with E-state index in [2.05, 4.69) is 8.92 Å². The minimum Gasteiger partial charge on any atom is -0.434 e. The lowest BCUT2D eigenvalue weighted by atomic mass is 10.9. The lowest BCUT2D eigenvalue weighted by molar-refractivity contribution is 0.107. The molecule has 0 aromatic rings. The largest absolute Gasteiger partial charge is 0.524 e. The second kappa shape index (κ2) is 3.40. The Morgan fingerprint density at radius 2 is 2.00 bits per heavy atom. The van der Waals surface area contributed by atoms with Gasteiger partial charge in [0, 0.05) is 0 Å². The quantitative estimate of drug-likeness (QED) is 0.432. The Morgan fingerprint density at radius 3 is 2.30 bits per heavy atom. The highest BCUT2D eigenvalue weighted by molar-refractivity contribution is 7.86. The van der Waals surface area contributed by atoms with Crippen molar-refractivity contribution in [2.24, 2.45) is 0 Å². The van der Waals surface area contributed by atoms with Gasteiger partial charge in [-0.1, -0.05) is 0 Å². The van der Waals surface area contributed by atoms with Crippen molar-refractivity contribution in [3.05, 3.63) is 0 Å². The normalized spacial score (nSPS) is 10.6. The van der Waals surface area contributed by atoms with Gasteiger partial charge < -0.3 is 8.92 Å². The molecule has 5 nitrogen and oxygen atoms in total. The fourth-order valence-corrected chi connectivity index (χ4v) is 0.561. The van der Waals surface area contributed by atoms with Gasteiger partial charge in [-0.25, -0.2) is 4.79 Å². The minimum absolute atomic E-state index is 0.0916. The smallest absolute Gasteiger partial charge is 0.434 e. The van der Waals surface area contributed by atoms with Crippen LogP contribution in [-0.4, -0.2) is 27.4 Å². The second-order valence-corrected chi connectivity index (χ2v) is 3.05. The third-order valence-electron chi connectivity index (χ3n) is 0.482. The molecular weight excluding hydrogens is 160 g/mol. The van der Waals surface area contributed by atoms with Crippen LogP contribution in [0.25, 0.3) is 0 Å². The summed E-state index contributed by atoms with van der Waals surface area (Å²) in [6, 6.07) is 0. The predicted molar refractivity (Wildman–Crippen MR) is 33.0 cm³/mol. The first-order valence-electron chi connectivity index (χ1n) is 2.52. The topological polar surface area (TPSA) is 69.7 Å². The third kappa shape index (κ3) is 5.36. The van der Waals surface area contributed by atoms with E-state index in [-0.39, 0.29) is 6.61 Å². The molecule has 0 saturated carbocycles. The van der Waals surface area contributed by atoms with Crippen molar-refractivity contribution >= 4 is 16.3 Å².